The van der Waals surface area contributed by atoms with Crippen LogP contribution < -0.4 is 4.90 Å². The Morgan fingerprint density at radius 1 is 1.20 bits per heavy atom. The summed E-state index contributed by atoms with van der Waals surface area (Å²) in [7, 11) is 0. The smallest absolute Gasteiger partial charge is 0.0404 e. The van der Waals surface area contributed by atoms with Crippen LogP contribution in [0.25, 0.3) is 0 Å². The van der Waals surface area contributed by atoms with Crippen LogP contribution in [0.1, 0.15) is 40.2 Å². The van der Waals surface area contributed by atoms with Crippen molar-refractivity contribution < 1.29 is 0 Å². The molecule has 1 heteroatoms. The van der Waals surface area contributed by atoms with Gasteiger partial charge in [-0.1, -0.05) is 32.0 Å². The van der Waals surface area contributed by atoms with E-state index in [1.807, 2.05) is 13.8 Å². The molecule has 2 rings (SSSR count). The fourth-order valence-electron chi connectivity index (χ4n) is 2.38. The Labute approximate surface area is 94.1 Å². The van der Waals surface area contributed by atoms with Gasteiger partial charge in [0.05, 0.1) is 0 Å². The molecule has 0 N–H and O–H groups in total. The molecule has 1 unspecified atom stereocenters. The first kappa shape index (κ1) is 12.1. The Kier molecular flexibility index (Phi) is 4.19. The number of hydrogen-bond donors (Lipinski definition) is 0. The molecule has 0 spiro atoms. The average molecular weight is 205 g/mol. The van der Waals surface area contributed by atoms with E-state index >= 15 is 0 Å². The minimum absolute atomic E-state index is 0.610. The Morgan fingerprint density at radius 3 is 2.40 bits per heavy atom. The number of fused-ring (bicyclic) bond motifs is 1. The van der Waals surface area contributed by atoms with Crippen molar-refractivity contribution in [3.63, 3.8) is 0 Å². The number of anilines is 1. The molecular formula is C14H23N. The van der Waals surface area contributed by atoms with Crippen LogP contribution in [0.5, 0.6) is 0 Å². The molecular weight excluding hydrogens is 182 g/mol. The van der Waals surface area contributed by atoms with E-state index < -0.39 is 0 Å². The maximum Gasteiger partial charge on any atom is 0.0404 e. The zero-order chi connectivity index (χ0) is 11.4. The summed E-state index contributed by atoms with van der Waals surface area (Å²) in [5.41, 5.74) is 2.94. The number of nitrogens with zero attached hydrogens (tertiary/aromatic N) is 1. The fourth-order valence-corrected chi connectivity index (χ4v) is 2.38. The third-order valence-corrected chi connectivity index (χ3v) is 2.82. The van der Waals surface area contributed by atoms with Crippen molar-refractivity contribution >= 4 is 5.69 Å². The van der Waals surface area contributed by atoms with Crippen LogP contribution in [-0.4, -0.2) is 12.1 Å². The molecule has 1 aromatic rings. The van der Waals surface area contributed by atoms with Crippen LogP contribution in [-0.2, 0) is 6.42 Å². The van der Waals surface area contributed by atoms with Gasteiger partial charge in [-0.25, -0.2) is 0 Å². The molecule has 0 fully saturated rings. The van der Waals surface area contributed by atoms with E-state index in [1.54, 1.807) is 0 Å². The summed E-state index contributed by atoms with van der Waals surface area (Å²) < 4.78 is 0. The summed E-state index contributed by atoms with van der Waals surface area (Å²) >= 11 is 0. The van der Waals surface area contributed by atoms with Crippen molar-refractivity contribution in [1.29, 1.82) is 0 Å². The topological polar surface area (TPSA) is 3.24 Å². The van der Waals surface area contributed by atoms with E-state index in [4.69, 9.17) is 0 Å². The van der Waals surface area contributed by atoms with E-state index in [2.05, 4.69) is 49.9 Å². The van der Waals surface area contributed by atoms with E-state index in [0.717, 1.165) is 0 Å². The number of rotatable bonds is 1. The lowest BCUT2D eigenvalue weighted by Gasteiger charge is -2.29. The molecule has 0 saturated heterocycles. The zero-order valence-electron chi connectivity index (χ0n) is 10.6. The van der Waals surface area contributed by atoms with Crippen molar-refractivity contribution in [2.24, 2.45) is 0 Å². The van der Waals surface area contributed by atoms with Crippen LogP contribution >= 0.6 is 0 Å². The SMILES string of the molecule is CC.CC(C)N1c2ccccc2CC1C. The molecule has 84 valence electrons. The van der Waals surface area contributed by atoms with Gasteiger partial charge in [0.15, 0.2) is 0 Å². The predicted octanol–water partition coefficient (Wildman–Crippen LogP) is 3.87. The van der Waals surface area contributed by atoms with Crippen LogP contribution in [0, 0.1) is 0 Å². The lowest BCUT2D eigenvalue weighted by molar-refractivity contribution is 0.606. The predicted molar refractivity (Wildman–Crippen MR) is 68.6 cm³/mol. The van der Waals surface area contributed by atoms with Gasteiger partial charge in [-0.2, -0.15) is 0 Å². The average Bonchev–Trinajstić information content (AvgIpc) is 2.56. The molecule has 0 amide bonds. The maximum atomic E-state index is 2.51. The van der Waals surface area contributed by atoms with E-state index in [0.29, 0.717) is 12.1 Å². The Bertz CT molecular complexity index is 304. The Morgan fingerprint density at radius 2 is 1.80 bits per heavy atom. The van der Waals surface area contributed by atoms with Gasteiger partial charge in [0.25, 0.3) is 0 Å². The van der Waals surface area contributed by atoms with Gasteiger partial charge in [-0.05, 0) is 38.8 Å². The highest BCUT2D eigenvalue weighted by molar-refractivity contribution is 5.59. The third-order valence-electron chi connectivity index (χ3n) is 2.82. The minimum atomic E-state index is 0.610. The van der Waals surface area contributed by atoms with E-state index in [9.17, 15) is 0 Å². The second kappa shape index (κ2) is 5.20. The second-order valence-corrected chi connectivity index (χ2v) is 4.18. The van der Waals surface area contributed by atoms with Crippen molar-refractivity contribution in [2.45, 2.75) is 53.1 Å². The molecule has 0 radical (unpaired) electrons. The lowest BCUT2D eigenvalue weighted by Crippen LogP contribution is -2.35. The molecule has 0 bridgehead atoms. The van der Waals surface area contributed by atoms with Gasteiger partial charge in [0, 0.05) is 17.8 Å². The Hall–Kier alpha value is -0.980. The number of para-hydroxylation sites is 1. The molecule has 0 aliphatic carbocycles. The van der Waals surface area contributed by atoms with Gasteiger partial charge in [-0.3, -0.25) is 0 Å². The summed E-state index contributed by atoms with van der Waals surface area (Å²) in [4.78, 5) is 2.51. The minimum Gasteiger partial charge on any atom is -0.366 e. The maximum absolute atomic E-state index is 2.51. The summed E-state index contributed by atoms with van der Waals surface area (Å²) in [6.07, 6.45) is 1.20. The first-order valence-corrected chi connectivity index (χ1v) is 6.06. The van der Waals surface area contributed by atoms with Gasteiger partial charge in [0.2, 0.25) is 0 Å². The van der Waals surface area contributed by atoms with Crippen molar-refractivity contribution in [1.82, 2.24) is 0 Å². The second-order valence-electron chi connectivity index (χ2n) is 4.18. The lowest BCUT2D eigenvalue weighted by atomic mass is 10.1. The van der Waals surface area contributed by atoms with Crippen molar-refractivity contribution in [3.05, 3.63) is 29.8 Å². The standard InChI is InChI=1S/C12H17N.C2H6/c1-9(2)13-10(3)8-11-6-4-5-7-12(11)13;1-2/h4-7,9-10H,8H2,1-3H3;1-2H3. The summed E-state index contributed by atoms with van der Waals surface area (Å²) in [5.74, 6) is 0. The van der Waals surface area contributed by atoms with Gasteiger partial charge >= 0.3 is 0 Å². The quantitative estimate of drug-likeness (QED) is 0.672. The summed E-state index contributed by atoms with van der Waals surface area (Å²) in [6, 6.07) is 10.0. The molecule has 1 heterocycles. The highest BCUT2D eigenvalue weighted by atomic mass is 15.2. The molecule has 0 aromatic heterocycles. The normalized spacial score (nSPS) is 18.5. The van der Waals surface area contributed by atoms with Gasteiger partial charge in [-0.15, -0.1) is 0 Å². The number of hydrogen-bond acceptors (Lipinski definition) is 1. The molecule has 1 atom stereocenters. The fraction of sp³-hybridized carbons (Fsp3) is 0.571. The van der Waals surface area contributed by atoms with E-state index in [1.165, 1.54) is 17.7 Å². The van der Waals surface area contributed by atoms with Crippen LogP contribution in [0.4, 0.5) is 5.69 Å². The summed E-state index contributed by atoms with van der Waals surface area (Å²) in [6.45, 7) is 10.8. The molecule has 1 aliphatic heterocycles. The molecule has 1 nitrogen and oxygen atoms in total. The number of benzene rings is 1. The highest BCUT2D eigenvalue weighted by Gasteiger charge is 2.26. The largest absolute Gasteiger partial charge is 0.366 e. The van der Waals surface area contributed by atoms with Gasteiger partial charge < -0.3 is 4.90 Å². The monoisotopic (exact) mass is 205 g/mol. The van der Waals surface area contributed by atoms with Crippen LogP contribution in [0.2, 0.25) is 0 Å². The molecule has 0 saturated carbocycles. The van der Waals surface area contributed by atoms with E-state index in [-0.39, 0.29) is 0 Å². The first-order chi connectivity index (χ1) is 7.20. The highest BCUT2D eigenvalue weighted by Crippen LogP contribution is 2.33. The van der Waals surface area contributed by atoms with Crippen LogP contribution in [0.3, 0.4) is 0 Å². The van der Waals surface area contributed by atoms with Gasteiger partial charge in [0.1, 0.15) is 0 Å². The third kappa shape index (κ3) is 2.34. The molecule has 1 aromatic carbocycles. The zero-order valence-corrected chi connectivity index (χ0v) is 10.6. The summed E-state index contributed by atoms with van der Waals surface area (Å²) in [5, 5.41) is 0. The van der Waals surface area contributed by atoms with Crippen LogP contribution in [0.15, 0.2) is 24.3 Å². The van der Waals surface area contributed by atoms with Crippen molar-refractivity contribution in [2.75, 3.05) is 4.90 Å². The first-order valence-electron chi connectivity index (χ1n) is 6.06. The van der Waals surface area contributed by atoms with Crippen molar-refractivity contribution in [3.8, 4) is 0 Å². The molecule has 1 aliphatic rings. The molecule has 15 heavy (non-hydrogen) atoms. The Balaban J connectivity index is 0.000000531.